The van der Waals surface area contributed by atoms with E-state index < -0.39 is 29.4 Å². The van der Waals surface area contributed by atoms with Crippen LogP contribution in [0.5, 0.6) is 0 Å². The lowest BCUT2D eigenvalue weighted by atomic mass is 9.98. The molecule has 0 aromatic rings. The Bertz CT molecular complexity index is 296. The van der Waals surface area contributed by atoms with Gasteiger partial charge in [-0.3, -0.25) is 0 Å². The number of alkyl halides is 1. The molecule has 0 heterocycles. The minimum Gasteiger partial charge on any atom is -0.479 e. The van der Waals surface area contributed by atoms with Gasteiger partial charge in [0.05, 0.1) is 0 Å². The van der Waals surface area contributed by atoms with Crippen molar-refractivity contribution < 1.29 is 23.8 Å². The molecule has 0 saturated heterocycles. The molecule has 1 atom stereocenters. The number of carboxylic acids is 1. The summed E-state index contributed by atoms with van der Waals surface area (Å²) in [6.45, 7) is 8.18. The summed E-state index contributed by atoms with van der Waals surface area (Å²) in [5.41, 5.74) is -1.64. The molecule has 0 bridgehead atoms. The number of nitrogens with one attached hydrogen (secondary N) is 1. The molecular formula is C11H20FNO4. The molecule has 1 amide bonds. The highest BCUT2D eigenvalue weighted by molar-refractivity contribution is 5.73. The zero-order chi connectivity index (χ0) is 13.9. The van der Waals surface area contributed by atoms with Gasteiger partial charge >= 0.3 is 12.1 Å². The second kappa shape index (κ2) is 5.33. The Morgan fingerprint density at radius 1 is 1.29 bits per heavy atom. The van der Waals surface area contributed by atoms with Crippen LogP contribution in [0.25, 0.3) is 0 Å². The average molecular weight is 249 g/mol. The first kappa shape index (κ1) is 15.7. The number of rotatable bonds is 4. The van der Waals surface area contributed by atoms with Gasteiger partial charge in [0.15, 0.2) is 6.17 Å². The van der Waals surface area contributed by atoms with Crippen LogP contribution in [0.15, 0.2) is 0 Å². The summed E-state index contributed by atoms with van der Waals surface area (Å²) in [5.74, 6) is -1.54. The quantitative estimate of drug-likeness (QED) is 0.800. The molecule has 17 heavy (non-hydrogen) atoms. The van der Waals surface area contributed by atoms with Crippen molar-refractivity contribution in [1.82, 2.24) is 5.32 Å². The molecule has 6 heteroatoms. The van der Waals surface area contributed by atoms with Crippen LogP contribution in [-0.2, 0) is 9.53 Å². The van der Waals surface area contributed by atoms with E-state index in [0.717, 1.165) is 0 Å². The van der Waals surface area contributed by atoms with Gasteiger partial charge in [-0.05, 0) is 34.6 Å². The number of amides is 1. The minimum atomic E-state index is -2.01. The summed E-state index contributed by atoms with van der Waals surface area (Å²) < 4.78 is 18.0. The Labute approximate surface area is 100 Å². The van der Waals surface area contributed by atoms with Crippen molar-refractivity contribution in [3.63, 3.8) is 0 Å². The van der Waals surface area contributed by atoms with Gasteiger partial charge in [0.1, 0.15) is 5.60 Å². The standard InChI is InChI=1S/C11H20FNO4/c1-10(2,3)17-9(16)13-11(4,5)6-7(12)8(14)15/h7H,6H2,1-5H3,(H,13,16)(H,14,15). The first-order chi connectivity index (χ1) is 7.43. The predicted molar refractivity (Wildman–Crippen MR) is 60.6 cm³/mol. The van der Waals surface area contributed by atoms with Gasteiger partial charge in [0.2, 0.25) is 0 Å². The van der Waals surface area contributed by atoms with E-state index in [1.54, 1.807) is 20.8 Å². The fourth-order valence-corrected chi connectivity index (χ4v) is 1.17. The SMILES string of the molecule is CC(C)(CC(F)C(=O)O)NC(=O)OC(C)(C)C. The van der Waals surface area contributed by atoms with Gasteiger partial charge in [-0.1, -0.05) is 0 Å². The van der Waals surface area contributed by atoms with Gasteiger partial charge in [-0.25, -0.2) is 14.0 Å². The summed E-state index contributed by atoms with van der Waals surface area (Å²) in [7, 11) is 0. The third-order valence-electron chi connectivity index (χ3n) is 1.80. The molecule has 0 aliphatic rings. The summed E-state index contributed by atoms with van der Waals surface area (Å²) in [6, 6.07) is 0. The van der Waals surface area contributed by atoms with Crippen molar-refractivity contribution in [1.29, 1.82) is 0 Å². The molecule has 2 N–H and O–H groups in total. The lowest BCUT2D eigenvalue weighted by Crippen LogP contribution is -2.48. The molecule has 0 aliphatic carbocycles. The summed E-state index contributed by atoms with van der Waals surface area (Å²) >= 11 is 0. The molecule has 0 rings (SSSR count). The van der Waals surface area contributed by atoms with E-state index in [1.807, 2.05) is 0 Å². The lowest BCUT2D eigenvalue weighted by Gasteiger charge is -2.28. The van der Waals surface area contributed by atoms with Crippen LogP contribution < -0.4 is 5.32 Å². The summed E-state index contributed by atoms with van der Waals surface area (Å²) in [6.07, 6.45) is -3.03. The van der Waals surface area contributed by atoms with Gasteiger partial charge in [-0.15, -0.1) is 0 Å². The number of hydrogen-bond donors (Lipinski definition) is 2. The highest BCUT2D eigenvalue weighted by Gasteiger charge is 2.30. The van der Waals surface area contributed by atoms with Crippen LogP contribution in [0.2, 0.25) is 0 Å². The van der Waals surface area contributed by atoms with E-state index >= 15 is 0 Å². The maximum atomic E-state index is 13.0. The van der Waals surface area contributed by atoms with Crippen LogP contribution in [-0.4, -0.2) is 34.5 Å². The second-order valence-electron chi connectivity index (χ2n) is 5.52. The first-order valence-corrected chi connectivity index (χ1v) is 5.31. The van der Waals surface area contributed by atoms with Gasteiger partial charge < -0.3 is 15.2 Å². The third kappa shape index (κ3) is 7.54. The van der Waals surface area contributed by atoms with Crippen molar-refractivity contribution in [2.45, 2.75) is 58.4 Å². The van der Waals surface area contributed by atoms with Crippen LogP contribution in [0.4, 0.5) is 9.18 Å². The molecule has 0 saturated carbocycles. The van der Waals surface area contributed by atoms with Gasteiger partial charge in [0, 0.05) is 12.0 Å². The summed E-state index contributed by atoms with van der Waals surface area (Å²) in [4.78, 5) is 21.8. The van der Waals surface area contributed by atoms with E-state index in [2.05, 4.69) is 5.32 Å². The van der Waals surface area contributed by atoms with Crippen molar-refractivity contribution in [2.24, 2.45) is 0 Å². The average Bonchev–Trinajstić information content (AvgIpc) is 1.96. The van der Waals surface area contributed by atoms with E-state index in [4.69, 9.17) is 9.84 Å². The Kier molecular flexibility index (Phi) is 4.92. The Morgan fingerprint density at radius 3 is 2.12 bits per heavy atom. The molecular weight excluding hydrogens is 229 g/mol. The number of halogens is 1. The van der Waals surface area contributed by atoms with Crippen molar-refractivity contribution in [2.75, 3.05) is 0 Å². The fourth-order valence-electron chi connectivity index (χ4n) is 1.17. The van der Waals surface area contributed by atoms with Crippen LogP contribution in [0, 0.1) is 0 Å². The number of carboxylic acid groups (broad SMARTS) is 1. The molecule has 0 spiro atoms. The highest BCUT2D eigenvalue weighted by Crippen LogP contribution is 2.16. The van der Waals surface area contributed by atoms with Gasteiger partial charge in [0.25, 0.3) is 0 Å². The number of carbonyl (C=O) groups is 2. The Balaban J connectivity index is 4.35. The van der Waals surface area contributed by atoms with E-state index in [-0.39, 0.29) is 6.42 Å². The first-order valence-electron chi connectivity index (χ1n) is 5.31. The molecule has 100 valence electrons. The highest BCUT2D eigenvalue weighted by atomic mass is 19.1. The van der Waals surface area contributed by atoms with Crippen molar-refractivity contribution in [3.05, 3.63) is 0 Å². The van der Waals surface area contributed by atoms with Crippen molar-refractivity contribution >= 4 is 12.1 Å². The van der Waals surface area contributed by atoms with E-state index in [0.29, 0.717) is 0 Å². The molecule has 0 aromatic carbocycles. The normalized spacial score (nSPS) is 14.0. The van der Waals surface area contributed by atoms with Gasteiger partial charge in [-0.2, -0.15) is 0 Å². The zero-order valence-corrected chi connectivity index (χ0v) is 10.8. The number of hydrogen-bond acceptors (Lipinski definition) is 3. The molecule has 0 radical (unpaired) electrons. The van der Waals surface area contributed by atoms with E-state index in [9.17, 15) is 14.0 Å². The third-order valence-corrected chi connectivity index (χ3v) is 1.80. The number of aliphatic carboxylic acids is 1. The lowest BCUT2D eigenvalue weighted by molar-refractivity contribution is -0.143. The van der Waals surface area contributed by atoms with Crippen LogP contribution in [0.1, 0.15) is 41.0 Å². The van der Waals surface area contributed by atoms with Crippen LogP contribution >= 0.6 is 0 Å². The van der Waals surface area contributed by atoms with Crippen LogP contribution in [0.3, 0.4) is 0 Å². The maximum Gasteiger partial charge on any atom is 0.408 e. The largest absolute Gasteiger partial charge is 0.479 e. The number of carbonyl (C=O) groups excluding carboxylic acids is 1. The second-order valence-corrected chi connectivity index (χ2v) is 5.52. The molecule has 1 unspecified atom stereocenters. The Morgan fingerprint density at radius 2 is 1.76 bits per heavy atom. The molecule has 5 nitrogen and oxygen atoms in total. The monoisotopic (exact) mass is 249 g/mol. The predicted octanol–water partition coefficient (Wildman–Crippen LogP) is 2.10. The smallest absolute Gasteiger partial charge is 0.408 e. The summed E-state index contributed by atoms with van der Waals surface area (Å²) in [5, 5.41) is 10.9. The molecule has 0 fully saturated rings. The maximum absolute atomic E-state index is 13.0. The Hall–Kier alpha value is -1.33. The minimum absolute atomic E-state index is 0.318. The molecule has 0 aromatic heterocycles. The number of ether oxygens (including phenoxy) is 1. The van der Waals surface area contributed by atoms with E-state index in [1.165, 1.54) is 13.8 Å². The van der Waals surface area contributed by atoms with Crippen molar-refractivity contribution in [3.8, 4) is 0 Å². The molecule has 0 aliphatic heterocycles. The fraction of sp³-hybridized carbons (Fsp3) is 0.818. The zero-order valence-electron chi connectivity index (χ0n) is 10.8. The number of alkyl carbamates (subject to hydrolysis) is 1. The topological polar surface area (TPSA) is 75.6 Å².